The van der Waals surface area contributed by atoms with E-state index < -0.39 is 11.9 Å². The summed E-state index contributed by atoms with van der Waals surface area (Å²) < 4.78 is 4.96. The summed E-state index contributed by atoms with van der Waals surface area (Å²) in [6, 6.07) is 4.50. The minimum Gasteiger partial charge on any atom is -0.478 e. The number of anilines is 1. The zero-order chi connectivity index (χ0) is 13.0. The van der Waals surface area contributed by atoms with E-state index in [1.165, 1.54) is 18.5 Å². The van der Waals surface area contributed by atoms with Crippen LogP contribution >= 0.6 is 0 Å². The highest BCUT2D eigenvalue weighted by molar-refractivity contribution is 5.94. The number of carboxylic acids is 1. The fourth-order valence-electron chi connectivity index (χ4n) is 1.37. The maximum atomic E-state index is 11.6. The van der Waals surface area contributed by atoms with Gasteiger partial charge < -0.3 is 14.8 Å². The molecule has 0 aliphatic rings. The summed E-state index contributed by atoms with van der Waals surface area (Å²) in [7, 11) is 0. The normalized spacial score (nSPS) is 10.0. The topological polar surface area (TPSA) is 105 Å². The lowest BCUT2D eigenvalue weighted by Gasteiger charge is -2.02. The Labute approximate surface area is 101 Å². The number of rotatable bonds is 4. The highest BCUT2D eigenvalue weighted by Crippen LogP contribution is 2.12. The molecular formula is C11H9N3O4. The van der Waals surface area contributed by atoms with Gasteiger partial charge in [0.05, 0.1) is 12.7 Å². The minimum atomic E-state index is -1.13. The third-order valence-electron chi connectivity index (χ3n) is 2.14. The maximum absolute atomic E-state index is 11.6. The molecule has 2 aromatic heterocycles. The molecule has 2 aromatic rings. The van der Waals surface area contributed by atoms with Gasteiger partial charge in [-0.05, 0) is 18.2 Å². The van der Waals surface area contributed by atoms with Gasteiger partial charge in [-0.15, -0.1) is 5.10 Å². The van der Waals surface area contributed by atoms with E-state index in [0.717, 1.165) is 0 Å². The first-order chi connectivity index (χ1) is 8.66. The Bertz CT molecular complexity index is 565. The van der Waals surface area contributed by atoms with Crippen LogP contribution in [0.15, 0.2) is 35.1 Å². The van der Waals surface area contributed by atoms with Gasteiger partial charge in [-0.1, -0.05) is 0 Å². The molecule has 0 aliphatic carbocycles. The van der Waals surface area contributed by atoms with Crippen molar-refractivity contribution in [2.75, 3.05) is 5.32 Å². The van der Waals surface area contributed by atoms with Gasteiger partial charge in [0.2, 0.25) is 5.91 Å². The van der Waals surface area contributed by atoms with Crippen molar-refractivity contribution in [3.05, 3.63) is 42.0 Å². The fraction of sp³-hybridized carbons (Fsp3) is 0.0909. The summed E-state index contributed by atoms with van der Waals surface area (Å²) in [4.78, 5) is 22.4. The van der Waals surface area contributed by atoms with E-state index in [1.807, 2.05) is 0 Å². The molecule has 0 fully saturated rings. The maximum Gasteiger partial charge on any atom is 0.339 e. The van der Waals surface area contributed by atoms with Gasteiger partial charge in [0.1, 0.15) is 11.3 Å². The first kappa shape index (κ1) is 11.8. The minimum absolute atomic E-state index is 0.0238. The molecule has 7 nitrogen and oxygen atoms in total. The Morgan fingerprint density at radius 2 is 2.22 bits per heavy atom. The second-order valence-corrected chi connectivity index (χ2v) is 3.40. The van der Waals surface area contributed by atoms with Crippen LogP contribution in [0.2, 0.25) is 0 Å². The van der Waals surface area contributed by atoms with Crippen molar-refractivity contribution in [3.63, 3.8) is 0 Å². The summed E-state index contributed by atoms with van der Waals surface area (Å²) in [5.41, 5.74) is -0.0238. The molecule has 0 radical (unpaired) electrons. The average molecular weight is 247 g/mol. The van der Waals surface area contributed by atoms with Crippen LogP contribution in [0.4, 0.5) is 5.82 Å². The monoisotopic (exact) mass is 247 g/mol. The standard InChI is InChI=1S/C11H9N3O4/c15-10(13-9-2-1-4-12-14-9)6-8-7(11(16)17)3-5-18-8/h1-5H,6H2,(H,16,17)(H,13,14,15). The molecule has 0 unspecified atom stereocenters. The van der Waals surface area contributed by atoms with Gasteiger partial charge in [-0.25, -0.2) is 4.79 Å². The molecule has 0 aromatic carbocycles. The van der Waals surface area contributed by atoms with Crippen LogP contribution in [0.1, 0.15) is 16.1 Å². The predicted octanol–water partition coefficient (Wildman–Crippen LogP) is 0.949. The van der Waals surface area contributed by atoms with Crippen molar-refractivity contribution >= 4 is 17.7 Å². The van der Waals surface area contributed by atoms with Gasteiger partial charge >= 0.3 is 5.97 Å². The summed E-state index contributed by atoms with van der Waals surface area (Å²) in [5.74, 6) is -1.16. The highest BCUT2D eigenvalue weighted by Gasteiger charge is 2.16. The summed E-state index contributed by atoms with van der Waals surface area (Å²) >= 11 is 0. The van der Waals surface area contributed by atoms with Crippen molar-refractivity contribution in [2.45, 2.75) is 6.42 Å². The van der Waals surface area contributed by atoms with Gasteiger partial charge in [0, 0.05) is 6.20 Å². The number of carbonyl (C=O) groups is 2. The molecule has 0 saturated heterocycles. The van der Waals surface area contributed by atoms with Crippen molar-refractivity contribution in [3.8, 4) is 0 Å². The average Bonchev–Trinajstić information content (AvgIpc) is 2.78. The molecule has 0 saturated carbocycles. The van der Waals surface area contributed by atoms with E-state index in [0.29, 0.717) is 5.82 Å². The Balaban J connectivity index is 2.04. The Kier molecular flexibility index (Phi) is 3.33. The summed E-state index contributed by atoms with van der Waals surface area (Å²) in [5, 5.41) is 18.6. The molecule has 18 heavy (non-hydrogen) atoms. The van der Waals surface area contributed by atoms with Crippen LogP contribution < -0.4 is 5.32 Å². The third kappa shape index (κ3) is 2.70. The van der Waals surface area contributed by atoms with Crippen LogP contribution in [0.3, 0.4) is 0 Å². The van der Waals surface area contributed by atoms with E-state index in [2.05, 4.69) is 15.5 Å². The lowest BCUT2D eigenvalue weighted by Crippen LogP contribution is -2.16. The number of amides is 1. The molecule has 0 atom stereocenters. The Morgan fingerprint density at radius 1 is 1.39 bits per heavy atom. The smallest absolute Gasteiger partial charge is 0.339 e. The van der Waals surface area contributed by atoms with E-state index in [-0.39, 0.29) is 17.7 Å². The first-order valence-electron chi connectivity index (χ1n) is 5.04. The van der Waals surface area contributed by atoms with Crippen LogP contribution in [-0.4, -0.2) is 27.2 Å². The Morgan fingerprint density at radius 3 is 2.89 bits per heavy atom. The Hall–Kier alpha value is -2.70. The van der Waals surface area contributed by atoms with Crippen LogP contribution in [0.25, 0.3) is 0 Å². The number of hydrogen-bond acceptors (Lipinski definition) is 5. The molecule has 2 N–H and O–H groups in total. The number of carbonyl (C=O) groups excluding carboxylic acids is 1. The van der Waals surface area contributed by atoms with Crippen molar-refractivity contribution in [1.29, 1.82) is 0 Å². The lowest BCUT2D eigenvalue weighted by atomic mass is 10.2. The fourth-order valence-corrected chi connectivity index (χ4v) is 1.37. The molecule has 0 spiro atoms. The summed E-state index contributed by atoms with van der Waals surface area (Å²) in [6.07, 6.45) is 2.53. The van der Waals surface area contributed by atoms with Crippen molar-refractivity contribution in [2.24, 2.45) is 0 Å². The molecule has 0 aliphatic heterocycles. The molecular weight excluding hydrogens is 238 g/mol. The van der Waals surface area contributed by atoms with Crippen molar-refractivity contribution < 1.29 is 19.1 Å². The predicted molar refractivity (Wildman–Crippen MR) is 60.0 cm³/mol. The molecule has 1 amide bonds. The zero-order valence-corrected chi connectivity index (χ0v) is 9.16. The quantitative estimate of drug-likeness (QED) is 0.833. The van der Waals surface area contributed by atoms with E-state index >= 15 is 0 Å². The van der Waals surface area contributed by atoms with Crippen LogP contribution in [0.5, 0.6) is 0 Å². The van der Waals surface area contributed by atoms with Gasteiger partial charge in [-0.2, -0.15) is 5.10 Å². The number of aromatic carboxylic acids is 1. The van der Waals surface area contributed by atoms with Crippen LogP contribution in [0, 0.1) is 0 Å². The van der Waals surface area contributed by atoms with Gasteiger partial charge in [0.25, 0.3) is 0 Å². The molecule has 2 heterocycles. The molecule has 0 bridgehead atoms. The number of carboxylic acid groups (broad SMARTS) is 1. The second kappa shape index (κ2) is 5.09. The molecule has 2 rings (SSSR count). The zero-order valence-electron chi connectivity index (χ0n) is 9.16. The van der Waals surface area contributed by atoms with Gasteiger partial charge in [0.15, 0.2) is 5.82 Å². The second-order valence-electron chi connectivity index (χ2n) is 3.40. The number of aromatic nitrogens is 2. The van der Waals surface area contributed by atoms with Crippen LogP contribution in [-0.2, 0) is 11.2 Å². The highest BCUT2D eigenvalue weighted by atomic mass is 16.4. The molecule has 7 heteroatoms. The van der Waals surface area contributed by atoms with Gasteiger partial charge in [-0.3, -0.25) is 4.79 Å². The molecule has 92 valence electrons. The SMILES string of the molecule is O=C(Cc1occc1C(=O)O)Nc1cccnn1. The van der Waals surface area contributed by atoms with E-state index in [9.17, 15) is 9.59 Å². The van der Waals surface area contributed by atoms with E-state index in [4.69, 9.17) is 9.52 Å². The van der Waals surface area contributed by atoms with E-state index in [1.54, 1.807) is 12.1 Å². The number of furan rings is 1. The first-order valence-corrected chi connectivity index (χ1v) is 5.04. The number of hydrogen-bond donors (Lipinski definition) is 2. The van der Waals surface area contributed by atoms with Crippen molar-refractivity contribution in [1.82, 2.24) is 10.2 Å². The third-order valence-corrected chi connectivity index (χ3v) is 2.14. The number of nitrogens with one attached hydrogen (secondary N) is 1. The number of nitrogens with zero attached hydrogens (tertiary/aromatic N) is 2. The largest absolute Gasteiger partial charge is 0.478 e. The summed E-state index contributed by atoms with van der Waals surface area (Å²) in [6.45, 7) is 0. The lowest BCUT2D eigenvalue weighted by molar-refractivity contribution is -0.115.